The summed E-state index contributed by atoms with van der Waals surface area (Å²) in [7, 11) is 0. The first-order chi connectivity index (χ1) is 17.3. The van der Waals surface area contributed by atoms with E-state index in [0.29, 0.717) is 13.1 Å². The second-order valence-corrected chi connectivity index (χ2v) is 13.0. The van der Waals surface area contributed by atoms with Gasteiger partial charge in [-0.3, -0.25) is 9.59 Å². The van der Waals surface area contributed by atoms with Crippen molar-refractivity contribution < 1.29 is 9.59 Å². The number of aromatic nitrogens is 1. The first-order valence-electron chi connectivity index (χ1n) is 14.3. The SMILES string of the molecule is C[C@@H]1C[C@@H](C)CN(CCCN2C(=O)c3cc4sccc4n3C[C@@]2(C)C(=O)NC2CCCCCCC2)C1. The Morgan fingerprint density at radius 2 is 1.78 bits per heavy atom. The van der Waals surface area contributed by atoms with E-state index in [4.69, 9.17) is 0 Å². The van der Waals surface area contributed by atoms with Crippen molar-refractivity contribution in [3.8, 4) is 0 Å². The zero-order chi connectivity index (χ0) is 25.3. The van der Waals surface area contributed by atoms with Crippen LogP contribution in [0.15, 0.2) is 17.5 Å². The minimum absolute atomic E-state index is 0.000321. The molecule has 6 nitrogen and oxygen atoms in total. The minimum Gasteiger partial charge on any atom is -0.351 e. The van der Waals surface area contributed by atoms with Gasteiger partial charge in [0.2, 0.25) is 5.91 Å². The fourth-order valence-electron chi connectivity index (χ4n) is 6.99. The van der Waals surface area contributed by atoms with E-state index in [9.17, 15) is 9.59 Å². The third-order valence-electron chi connectivity index (χ3n) is 8.78. The van der Waals surface area contributed by atoms with Crippen LogP contribution in [0.5, 0.6) is 0 Å². The average Bonchev–Trinajstić information content (AvgIpc) is 3.39. The fraction of sp³-hybridized carbons (Fsp3) is 0.724. The molecule has 2 aromatic heterocycles. The monoisotopic (exact) mass is 512 g/mol. The number of carbonyl (C=O) groups excluding carboxylic acids is 2. The normalized spacial score (nSPS) is 28.6. The lowest BCUT2D eigenvalue weighted by Crippen LogP contribution is -2.65. The van der Waals surface area contributed by atoms with Crippen LogP contribution in [0.4, 0.5) is 0 Å². The number of fused-ring (bicyclic) bond motifs is 3. The van der Waals surface area contributed by atoms with Crippen LogP contribution in [0.25, 0.3) is 10.2 Å². The van der Waals surface area contributed by atoms with Gasteiger partial charge in [-0.05, 0) is 68.5 Å². The van der Waals surface area contributed by atoms with E-state index < -0.39 is 5.54 Å². The molecule has 2 amide bonds. The van der Waals surface area contributed by atoms with Gasteiger partial charge in [-0.2, -0.15) is 0 Å². The summed E-state index contributed by atoms with van der Waals surface area (Å²) in [6.45, 7) is 11.1. The smallest absolute Gasteiger partial charge is 0.271 e. The fourth-order valence-corrected chi connectivity index (χ4v) is 7.81. The van der Waals surface area contributed by atoms with Crippen molar-refractivity contribution in [2.24, 2.45) is 11.8 Å². The van der Waals surface area contributed by atoms with Gasteiger partial charge in [0.1, 0.15) is 11.2 Å². The summed E-state index contributed by atoms with van der Waals surface area (Å²) >= 11 is 1.66. The molecule has 36 heavy (non-hydrogen) atoms. The molecule has 0 radical (unpaired) electrons. The molecule has 1 saturated heterocycles. The van der Waals surface area contributed by atoms with Gasteiger partial charge >= 0.3 is 0 Å². The van der Waals surface area contributed by atoms with Crippen LogP contribution >= 0.6 is 11.3 Å². The number of thiophene rings is 1. The number of rotatable bonds is 6. The second-order valence-electron chi connectivity index (χ2n) is 12.1. The number of nitrogens with zero attached hydrogens (tertiary/aromatic N) is 3. The van der Waals surface area contributed by atoms with Gasteiger partial charge in [-0.1, -0.05) is 46.0 Å². The molecule has 2 aliphatic heterocycles. The predicted molar refractivity (Wildman–Crippen MR) is 148 cm³/mol. The highest BCUT2D eigenvalue weighted by atomic mass is 32.1. The summed E-state index contributed by atoms with van der Waals surface area (Å²) in [5, 5.41) is 5.48. The van der Waals surface area contributed by atoms with Crippen molar-refractivity contribution >= 4 is 33.4 Å². The molecule has 1 aliphatic carbocycles. The van der Waals surface area contributed by atoms with Crippen LogP contribution < -0.4 is 5.32 Å². The van der Waals surface area contributed by atoms with Gasteiger partial charge in [0.25, 0.3) is 5.91 Å². The molecule has 0 bridgehead atoms. The molecule has 0 aromatic carbocycles. The van der Waals surface area contributed by atoms with Crippen molar-refractivity contribution in [2.75, 3.05) is 26.2 Å². The maximum Gasteiger partial charge on any atom is 0.271 e. The summed E-state index contributed by atoms with van der Waals surface area (Å²) in [5.74, 6) is 1.47. The van der Waals surface area contributed by atoms with Crippen molar-refractivity contribution in [1.82, 2.24) is 19.7 Å². The van der Waals surface area contributed by atoms with Crippen LogP contribution in [-0.2, 0) is 11.3 Å². The van der Waals surface area contributed by atoms with Crippen LogP contribution in [0, 0.1) is 11.8 Å². The molecule has 2 aromatic rings. The molecule has 5 rings (SSSR count). The molecule has 7 heteroatoms. The zero-order valence-electron chi connectivity index (χ0n) is 22.4. The standard InChI is InChI=1S/C29H44N4O2S/c1-21-16-22(2)19-31(18-21)13-9-14-33-27(34)25-17-26-24(12-15-36-26)32(25)20-29(33,3)28(35)30-23-10-7-5-4-6-8-11-23/h12,15,17,21-23H,4-11,13-14,16,18-20H2,1-3H3,(H,30,35)/t21-,22-,29+/m1/s1. The lowest BCUT2D eigenvalue weighted by atomic mass is 9.91. The maximum atomic E-state index is 14.0. The molecule has 0 unspecified atom stereocenters. The molecule has 0 spiro atoms. The van der Waals surface area contributed by atoms with Gasteiger partial charge in [0.05, 0.1) is 16.8 Å². The Bertz CT molecular complexity index is 1060. The number of likely N-dealkylation sites (tertiary alicyclic amines) is 1. The van der Waals surface area contributed by atoms with Crippen LogP contribution in [0.2, 0.25) is 0 Å². The number of hydrogen-bond acceptors (Lipinski definition) is 4. The lowest BCUT2D eigenvalue weighted by molar-refractivity contribution is -0.133. The molecule has 1 saturated carbocycles. The first kappa shape index (κ1) is 25.8. The second kappa shape index (κ2) is 10.9. The Hall–Kier alpha value is -1.86. The van der Waals surface area contributed by atoms with E-state index in [2.05, 4.69) is 40.1 Å². The van der Waals surface area contributed by atoms with Crippen molar-refractivity contribution in [3.05, 3.63) is 23.2 Å². The summed E-state index contributed by atoms with van der Waals surface area (Å²) in [6, 6.07) is 4.32. The Kier molecular flexibility index (Phi) is 7.78. The largest absolute Gasteiger partial charge is 0.351 e. The minimum atomic E-state index is -0.886. The summed E-state index contributed by atoms with van der Waals surface area (Å²) in [5.41, 5.74) is 0.917. The van der Waals surface area contributed by atoms with Crippen LogP contribution in [0.1, 0.15) is 89.0 Å². The van der Waals surface area contributed by atoms with E-state index >= 15 is 0 Å². The Labute approximate surface area is 220 Å². The van der Waals surface area contributed by atoms with E-state index in [1.54, 1.807) is 11.3 Å². The topological polar surface area (TPSA) is 57.6 Å². The van der Waals surface area contributed by atoms with Gasteiger partial charge in [-0.15, -0.1) is 11.3 Å². The molecular weight excluding hydrogens is 468 g/mol. The van der Waals surface area contributed by atoms with Crippen LogP contribution in [-0.4, -0.2) is 63.9 Å². The number of nitrogens with one attached hydrogen (secondary N) is 1. The number of amides is 2. The third kappa shape index (κ3) is 5.24. The highest BCUT2D eigenvalue weighted by Gasteiger charge is 2.48. The average molecular weight is 513 g/mol. The molecule has 2 fully saturated rings. The molecule has 1 N–H and O–H groups in total. The third-order valence-corrected chi connectivity index (χ3v) is 9.63. The highest BCUT2D eigenvalue weighted by Crippen LogP contribution is 2.35. The molecule has 4 heterocycles. The molecular formula is C29H44N4O2S. The molecule has 3 aliphatic rings. The van der Waals surface area contributed by atoms with Crippen molar-refractivity contribution in [2.45, 2.75) is 96.7 Å². The van der Waals surface area contributed by atoms with E-state index in [1.807, 2.05) is 17.9 Å². The Morgan fingerprint density at radius 1 is 1.08 bits per heavy atom. The van der Waals surface area contributed by atoms with E-state index in [-0.39, 0.29) is 17.9 Å². The zero-order valence-corrected chi connectivity index (χ0v) is 23.2. The van der Waals surface area contributed by atoms with Gasteiger partial charge < -0.3 is 19.7 Å². The van der Waals surface area contributed by atoms with Gasteiger partial charge in [0, 0.05) is 25.7 Å². The lowest BCUT2D eigenvalue weighted by Gasteiger charge is -2.45. The van der Waals surface area contributed by atoms with E-state index in [1.165, 1.54) is 38.5 Å². The number of piperidine rings is 1. The van der Waals surface area contributed by atoms with Crippen molar-refractivity contribution in [1.29, 1.82) is 0 Å². The molecule has 198 valence electrons. The summed E-state index contributed by atoms with van der Waals surface area (Å²) < 4.78 is 3.22. The predicted octanol–water partition coefficient (Wildman–Crippen LogP) is 5.51. The van der Waals surface area contributed by atoms with Gasteiger partial charge in [0.15, 0.2) is 0 Å². The van der Waals surface area contributed by atoms with Crippen molar-refractivity contribution in [3.63, 3.8) is 0 Å². The Morgan fingerprint density at radius 3 is 2.50 bits per heavy atom. The summed E-state index contributed by atoms with van der Waals surface area (Å²) in [4.78, 5) is 32.3. The first-order valence-corrected chi connectivity index (χ1v) is 15.1. The highest BCUT2D eigenvalue weighted by molar-refractivity contribution is 7.17. The van der Waals surface area contributed by atoms with E-state index in [0.717, 1.165) is 66.6 Å². The number of hydrogen-bond donors (Lipinski definition) is 1. The maximum absolute atomic E-state index is 14.0. The van der Waals surface area contributed by atoms with Crippen LogP contribution in [0.3, 0.4) is 0 Å². The Balaban J connectivity index is 1.35. The summed E-state index contributed by atoms with van der Waals surface area (Å²) in [6.07, 6.45) is 10.5. The quantitative estimate of drug-likeness (QED) is 0.555. The van der Waals surface area contributed by atoms with Gasteiger partial charge in [-0.25, -0.2) is 0 Å². The molecule has 3 atom stereocenters. The number of carbonyl (C=O) groups is 2.